The number of para-hydroxylation sites is 1. The van der Waals surface area contributed by atoms with Gasteiger partial charge in [0.2, 0.25) is 0 Å². The Morgan fingerprint density at radius 3 is 2.37 bits per heavy atom. The molecule has 1 aliphatic rings. The van der Waals surface area contributed by atoms with Crippen LogP contribution >= 0.6 is 12.2 Å². The van der Waals surface area contributed by atoms with Crippen LogP contribution in [0, 0.1) is 0 Å². The van der Waals surface area contributed by atoms with Crippen molar-refractivity contribution in [1.82, 2.24) is 4.90 Å². The molecular weight excluding hydrogens is 358 g/mol. The van der Waals surface area contributed by atoms with Gasteiger partial charge in [-0.25, -0.2) is 0 Å². The maximum atomic E-state index is 12.9. The number of rotatable bonds is 5. The molecule has 0 bridgehead atoms. The van der Waals surface area contributed by atoms with Crippen LogP contribution in [0.1, 0.15) is 19.4 Å². The Bertz CT molecular complexity index is 892. The Morgan fingerprint density at radius 1 is 1.11 bits per heavy atom. The van der Waals surface area contributed by atoms with Crippen LogP contribution in [0.5, 0.6) is 5.75 Å². The summed E-state index contributed by atoms with van der Waals surface area (Å²) in [4.78, 5) is 18.3. The second kappa shape index (κ2) is 7.80. The summed E-state index contributed by atoms with van der Waals surface area (Å²) in [5, 5.41) is 10.9. The minimum atomic E-state index is -0.207. The Hall–Kier alpha value is -2.86. The zero-order valence-electron chi connectivity index (χ0n) is 15.7. The summed E-state index contributed by atoms with van der Waals surface area (Å²) in [5.74, 6) is -0.0712. The highest BCUT2D eigenvalue weighted by Crippen LogP contribution is 2.31. The molecular formula is C21H23N3O2S. The molecule has 1 N–H and O–H groups in total. The molecule has 0 aromatic heterocycles. The molecule has 3 rings (SSSR count). The normalized spacial score (nSPS) is 15.7. The largest absolute Gasteiger partial charge is 0.507 e. The Labute approximate surface area is 165 Å². The van der Waals surface area contributed by atoms with Gasteiger partial charge in [0.05, 0.1) is 5.69 Å². The molecule has 2 aromatic rings. The number of aromatic hydroxyl groups is 1. The SMILES string of the molecule is CCN(CC)c1ccc(C=C2C(=O)N(c3ccccc3)C(=S)N2C)c(O)c1. The van der Waals surface area contributed by atoms with Gasteiger partial charge in [0.15, 0.2) is 5.11 Å². The molecule has 27 heavy (non-hydrogen) atoms. The zero-order chi connectivity index (χ0) is 19.6. The molecule has 0 spiro atoms. The van der Waals surface area contributed by atoms with Gasteiger partial charge in [-0.3, -0.25) is 9.69 Å². The molecule has 6 heteroatoms. The molecule has 0 aliphatic carbocycles. The van der Waals surface area contributed by atoms with Gasteiger partial charge in [-0.05, 0) is 56.4 Å². The molecule has 5 nitrogen and oxygen atoms in total. The second-order valence-electron chi connectivity index (χ2n) is 6.26. The molecule has 1 saturated heterocycles. The first kappa shape index (κ1) is 18.9. The fourth-order valence-corrected chi connectivity index (χ4v) is 3.43. The van der Waals surface area contributed by atoms with E-state index in [4.69, 9.17) is 12.2 Å². The Morgan fingerprint density at radius 2 is 1.78 bits per heavy atom. The van der Waals surface area contributed by atoms with E-state index < -0.39 is 0 Å². The van der Waals surface area contributed by atoms with Gasteiger partial charge in [-0.2, -0.15) is 0 Å². The number of nitrogens with zero attached hydrogens (tertiary/aromatic N) is 3. The second-order valence-corrected chi connectivity index (χ2v) is 6.63. The van der Waals surface area contributed by atoms with Crippen molar-refractivity contribution < 1.29 is 9.90 Å². The fraction of sp³-hybridized carbons (Fsp3) is 0.238. The fourth-order valence-electron chi connectivity index (χ4n) is 3.15. The maximum absolute atomic E-state index is 12.9. The number of phenolic OH excluding ortho intramolecular Hbond substituents is 1. The van der Waals surface area contributed by atoms with Crippen molar-refractivity contribution in [2.45, 2.75) is 13.8 Å². The Balaban J connectivity index is 1.95. The number of likely N-dealkylation sites (N-methyl/N-ethyl adjacent to an activating group) is 1. The predicted octanol–water partition coefficient (Wildman–Crippen LogP) is 3.84. The highest BCUT2D eigenvalue weighted by atomic mass is 32.1. The average Bonchev–Trinajstić information content (AvgIpc) is 2.88. The van der Waals surface area contributed by atoms with Crippen LogP contribution in [-0.4, -0.2) is 41.2 Å². The van der Waals surface area contributed by atoms with Crippen molar-refractivity contribution in [2.24, 2.45) is 0 Å². The molecule has 1 aliphatic heterocycles. The number of amides is 1. The van der Waals surface area contributed by atoms with Gasteiger partial charge in [0.1, 0.15) is 11.4 Å². The van der Waals surface area contributed by atoms with Crippen LogP contribution in [0.25, 0.3) is 6.08 Å². The van der Waals surface area contributed by atoms with Crippen molar-refractivity contribution in [3.8, 4) is 5.75 Å². The summed E-state index contributed by atoms with van der Waals surface area (Å²) < 4.78 is 0. The van der Waals surface area contributed by atoms with Crippen molar-refractivity contribution in [1.29, 1.82) is 0 Å². The summed E-state index contributed by atoms with van der Waals surface area (Å²) in [7, 11) is 1.76. The number of carbonyl (C=O) groups excluding carboxylic acids is 1. The Kier molecular flexibility index (Phi) is 5.46. The van der Waals surface area contributed by atoms with Gasteiger partial charge in [-0.1, -0.05) is 18.2 Å². The van der Waals surface area contributed by atoms with Crippen LogP contribution in [0.4, 0.5) is 11.4 Å². The van der Waals surface area contributed by atoms with Crippen molar-refractivity contribution in [2.75, 3.05) is 29.9 Å². The summed E-state index contributed by atoms with van der Waals surface area (Å²) in [6.45, 7) is 5.86. The van der Waals surface area contributed by atoms with E-state index >= 15 is 0 Å². The van der Waals surface area contributed by atoms with Crippen LogP contribution in [0.15, 0.2) is 54.2 Å². The number of carbonyl (C=O) groups is 1. The predicted molar refractivity (Wildman–Crippen MR) is 114 cm³/mol. The lowest BCUT2D eigenvalue weighted by Gasteiger charge is -2.21. The van der Waals surface area contributed by atoms with E-state index in [0.717, 1.165) is 24.5 Å². The third-order valence-electron chi connectivity index (χ3n) is 4.71. The lowest BCUT2D eigenvalue weighted by Crippen LogP contribution is -2.30. The first-order valence-electron chi connectivity index (χ1n) is 8.94. The molecule has 0 atom stereocenters. The standard InChI is InChI=1S/C21H23N3O2S/c1-4-23(5-2)17-12-11-15(19(25)14-17)13-18-20(26)24(21(27)22(18)3)16-9-7-6-8-10-16/h6-14,25H,4-5H2,1-3H3. The van der Waals surface area contributed by atoms with E-state index in [9.17, 15) is 9.90 Å². The number of phenols is 1. The molecule has 2 aromatic carbocycles. The molecule has 0 saturated carbocycles. The van der Waals surface area contributed by atoms with E-state index in [-0.39, 0.29) is 11.7 Å². The van der Waals surface area contributed by atoms with E-state index in [0.29, 0.717) is 16.4 Å². The maximum Gasteiger partial charge on any atom is 0.281 e. The lowest BCUT2D eigenvalue weighted by atomic mass is 10.1. The number of benzene rings is 2. The van der Waals surface area contributed by atoms with Crippen molar-refractivity contribution in [3.63, 3.8) is 0 Å². The zero-order valence-corrected chi connectivity index (χ0v) is 16.5. The third kappa shape index (κ3) is 3.53. The molecule has 1 amide bonds. The van der Waals surface area contributed by atoms with E-state index in [1.54, 1.807) is 24.1 Å². The van der Waals surface area contributed by atoms with Crippen LogP contribution < -0.4 is 9.80 Å². The summed E-state index contributed by atoms with van der Waals surface area (Å²) in [6, 6.07) is 14.8. The third-order valence-corrected chi connectivity index (χ3v) is 5.17. The number of anilines is 2. The molecule has 0 unspecified atom stereocenters. The number of hydrogen-bond acceptors (Lipinski definition) is 4. The quantitative estimate of drug-likeness (QED) is 0.630. The van der Waals surface area contributed by atoms with Gasteiger partial charge >= 0.3 is 0 Å². The van der Waals surface area contributed by atoms with Crippen LogP contribution in [0.2, 0.25) is 0 Å². The topological polar surface area (TPSA) is 47.0 Å². The lowest BCUT2D eigenvalue weighted by molar-refractivity contribution is -0.114. The van der Waals surface area contributed by atoms with Crippen molar-refractivity contribution in [3.05, 3.63) is 59.8 Å². The minimum absolute atomic E-state index is 0.136. The summed E-state index contributed by atoms with van der Waals surface area (Å²) >= 11 is 5.46. The first-order chi connectivity index (χ1) is 13.0. The highest BCUT2D eigenvalue weighted by molar-refractivity contribution is 7.80. The monoisotopic (exact) mass is 381 g/mol. The molecule has 0 radical (unpaired) electrons. The first-order valence-corrected chi connectivity index (χ1v) is 9.35. The van der Waals surface area contributed by atoms with Crippen molar-refractivity contribution >= 4 is 40.7 Å². The number of hydrogen-bond donors (Lipinski definition) is 1. The average molecular weight is 382 g/mol. The summed E-state index contributed by atoms with van der Waals surface area (Å²) in [5.41, 5.74) is 2.68. The molecule has 1 fully saturated rings. The van der Waals surface area contributed by atoms with Gasteiger partial charge in [0, 0.05) is 37.5 Å². The van der Waals surface area contributed by atoms with E-state index in [1.807, 2.05) is 42.5 Å². The van der Waals surface area contributed by atoms with Crippen LogP contribution in [-0.2, 0) is 4.79 Å². The van der Waals surface area contributed by atoms with Crippen LogP contribution in [0.3, 0.4) is 0 Å². The number of thiocarbonyl (C=S) groups is 1. The summed E-state index contributed by atoms with van der Waals surface area (Å²) in [6.07, 6.45) is 1.68. The van der Waals surface area contributed by atoms with Gasteiger partial charge in [-0.15, -0.1) is 0 Å². The van der Waals surface area contributed by atoms with Gasteiger partial charge in [0.25, 0.3) is 5.91 Å². The van der Waals surface area contributed by atoms with Gasteiger partial charge < -0.3 is 14.9 Å². The van der Waals surface area contributed by atoms with E-state index in [2.05, 4.69) is 18.7 Å². The highest BCUT2D eigenvalue weighted by Gasteiger charge is 2.36. The molecule has 140 valence electrons. The smallest absolute Gasteiger partial charge is 0.281 e. The van der Waals surface area contributed by atoms with E-state index in [1.165, 1.54) is 4.90 Å². The minimum Gasteiger partial charge on any atom is -0.507 e. The molecule has 1 heterocycles.